The zero-order valence-corrected chi connectivity index (χ0v) is 16.0. The van der Waals surface area contributed by atoms with Gasteiger partial charge < -0.3 is 15.3 Å². The zero-order valence-electron chi connectivity index (χ0n) is 15.2. The largest absolute Gasteiger partial charge is 0.394 e. The normalized spacial score (nSPS) is 20.3. The molecule has 1 saturated carbocycles. The predicted molar refractivity (Wildman–Crippen MR) is 104 cm³/mol. The molecule has 1 aliphatic heterocycles. The molecule has 0 amide bonds. The minimum atomic E-state index is -1.07. The molecule has 1 aliphatic carbocycles. The Hall–Kier alpha value is -1.99. The second-order valence-electron chi connectivity index (χ2n) is 7.33. The molecule has 1 fully saturated rings. The van der Waals surface area contributed by atoms with Crippen molar-refractivity contribution in [2.24, 2.45) is 0 Å². The third-order valence-corrected chi connectivity index (χ3v) is 6.79. The zero-order chi connectivity index (χ0) is 18.3. The molecule has 138 valence electrons. The summed E-state index contributed by atoms with van der Waals surface area (Å²) in [5, 5.41) is 13.2. The van der Waals surface area contributed by atoms with E-state index >= 15 is 0 Å². The van der Waals surface area contributed by atoms with E-state index in [4.69, 9.17) is 4.98 Å². The summed E-state index contributed by atoms with van der Waals surface area (Å²) < 4.78 is 12.5. The fraction of sp³-hybridized carbons (Fsp3) is 0.474. The first-order valence-electron chi connectivity index (χ1n) is 8.97. The number of nitrogens with zero attached hydrogens (tertiary/aromatic N) is 3. The van der Waals surface area contributed by atoms with Crippen LogP contribution in [-0.2, 0) is 17.2 Å². The molecule has 0 radical (unpaired) electrons. The smallest absolute Gasteiger partial charge is 0.161 e. The van der Waals surface area contributed by atoms with Gasteiger partial charge in [0.1, 0.15) is 10.7 Å². The van der Waals surface area contributed by atoms with Gasteiger partial charge in [-0.25, -0.2) is 9.97 Å². The van der Waals surface area contributed by atoms with Crippen molar-refractivity contribution < 1.29 is 9.32 Å². The maximum Gasteiger partial charge on any atom is 0.161 e. The lowest BCUT2D eigenvalue weighted by atomic mass is 9.77. The van der Waals surface area contributed by atoms with E-state index in [9.17, 15) is 9.32 Å². The van der Waals surface area contributed by atoms with Crippen molar-refractivity contribution in [3.63, 3.8) is 0 Å². The number of benzene rings is 1. The monoisotopic (exact) mass is 372 g/mol. The van der Waals surface area contributed by atoms with Crippen LogP contribution < -0.4 is 10.2 Å². The predicted octanol–water partition coefficient (Wildman–Crippen LogP) is 2.20. The summed E-state index contributed by atoms with van der Waals surface area (Å²) in [5.74, 6) is 1.86. The van der Waals surface area contributed by atoms with Crippen molar-refractivity contribution in [2.75, 3.05) is 36.7 Å². The molecule has 26 heavy (non-hydrogen) atoms. The molecule has 1 aromatic carbocycles. The van der Waals surface area contributed by atoms with Crippen LogP contribution in [-0.4, -0.2) is 51.3 Å². The van der Waals surface area contributed by atoms with Crippen LogP contribution >= 0.6 is 0 Å². The highest BCUT2D eigenvalue weighted by Crippen LogP contribution is 2.38. The Bertz CT molecular complexity index is 842. The van der Waals surface area contributed by atoms with Gasteiger partial charge in [-0.2, -0.15) is 0 Å². The maximum absolute atomic E-state index is 12.5. The summed E-state index contributed by atoms with van der Waals surface area (Å²) in [5.41, 5.74) is 2.58. The Labute approximate surface area is 156 Å². The summed E-state index contributed by atoms with van der Waals surface area (Å²) in [4.78, 5) is 12.2. The van der Waals surface area contributed by atoms with E-state index in [-0.39, 0.29) is 12.1 Å². The molecule has 0 spiro atoms. The van der Waals surface area contributed by atoms with E-state index in [1.807, 2.05) is 43.3 Å². The number of anilines is 2. The second kappa shape index (κ2) is 6.63. The van der Waals surface area contributed by atoms with Crippen LogP contribution in [0.1, 0.15) is 25.0 Å². The molecule has 6 nitrogen and oxygen atoms in total. The van der Waals surface area contributed by atoms with Crippen LogP contribution in [0.2, 0.25) is 0 Å². The molecule has 1 unspecified atom stereocenters. The van der Waals surface area contributed by atoms with E-state index in [0.29, 0.717) is 23.8 Å². The van der Waals surface area contributed by atoms with Gasteiger partial charge in [0, 0.05) is 37.5 Å². The average molecular weight is 372 g/mol. The third kappa shape index (κ3) is 2.99. The number of aromatic nitrogens is 2. The molecule has 4 rings (SSSR count). The van der Waals surface area contributed by atoms with E-state index in [0.717, 1.165) is 41.1 Å². The molecular weight excluding hydrogens is 348 g/mol. The van der Waals surface area contributed by atoms with Gasteiger partial charge in [-0.3, -0.25) is 4.21 Å². The first kappa shape index (κ1) is 17.4. The van der Waals surface area contributed by atoms with Crippen molar-refractivity contribution in [3.05, 3.63) is 30.0 Å². The van der Waals surface area contributed by atoms with Crippen LogP contribution in [0.5, 0.6) is 0 Å². The molecule has 1 atom stereocenters. The summed E-state index contributed by atoms with van der Waals surface area (Å²) in [6, 6.07) is 8.10. The van der Waals surface area contributed by atoms with E-state index in [1.54, 1.807) is 0 Å². The lowest BCUT2D eigenvalue weighted by molar-refractivity contribution is 0.143. The molecule has 0 saturated heterocycles. The van der Waals surface area contributed by atoms with Crippen molar-refractivity contribution in [2.45, 2.75) is 36.1 Å². The third-order valence-electron chi connectivity index (χ3n) is 5.33. The first-order chi connectivity index (χ1) is 12.5. The van der Waals surface area contributed by atoms with Gasteiger partial charge in [0.05, 0.1) is 28.6 Å². The van der Waals surface area contributed by atoms with E-state index in [2.05, 4.69) is 10.3 Å². The van der Waals surface area contributed by atoms with Crippen LogP contribution in [0.15, 0.2) is 29.2 Å². The molecule has 2 aromatic rings. The summed E-state index contributed by atoms with van der Waals surface area (Å²) in [6.07, 6.45) is 3.60. The highest BCUT2D eigenvalue weighted by molar-refractivity contribution is 7.85. The molecule has 1 aromatic heterocycles. The standard InChI is InChI=1S/C19H24N4O2S/c1-23(2)14-6-4-13(5-7-14)17-20-15-8-11-26(25)16(15)18(21-17)22-19(12-24)9-3-10-19/h4-7,24H,3,8-12H2,1-2H3,(H,20,21,22). The number of aryl methyl sites for hydroxylation is 1. The fourth-order valence-electron chi connectivity index (χ4n) is 3.50. The van der Waals surface area contributed by atoms with Crippen LogP contribution in [0, 0.1) is 0 Å². The van der Waals surface area contributed by atoms with E-state index in [1.165, 1.54) is 0 Å². The van der Waals surface area contributed by atoms with Gasteiger partial charge in [-0.15, -0.1) is 0 Å². The minimum absolute atomic E-state index is 0.0608. The van der Waals surface area contributed by atoms with Gasteiger partial charge in [0.15, 0.2) is 5.82 Å². The van der Waals surface area contributed by atoms with Crippen molar-refractivity contribution in [1.82, 2.24) is 9.97 Å². The highest BCUT2D eigenvalue weighted by Gasteiger charge is 2.38. The Morgan fingerprint density at radius 1 is 1.23 bits per heavy atom. The van der Waals surface area contributed by atoms with Gasteiger partial charge in [0.2, 0.25) is 0 Å². The van der Waals surface area contributed by atoms with Crippen LogP contribution in [0.3, 0.4) is 0 Å². The average Bonchev–Trinajstić information content (AvgIpc) is 2.99. The van der Waals surface area contributed by atoms with Gasteiger partial charge in [-0.1, -0.05) is 0 Å². The number of nitrogens with one attached hydrogen (secondary N) is 1. The SMILES string of the molecule is CN(C)c1ccc(-c2nc3c(c(NC4(CO)CCC4)n2)S(=O)CC3)cc1. The fourth-order valence-corrected chi connectivity index (χ4v) is 4.80. The summed E-state index contributed by atoms with van der Waals surface area (Å²) in [6.45, 7) is 0.0608. The Morgan fingerprint density at radius 2 is 1.96 bits per heavy atom. The number of rotatable bonds is 5. The maximum atomic E-state index is 12.5. The lowest BCUT2D eigenvalue weighted by Gasteiger charge is -2.41. The van der Waals surface area contributed by atoms with Crippen molar-refractivity contribution in [1.29, 1.82) is 0 Å². The topological polar surface area (TPSA) is 78.3 Å². The van der Waals surface area contributed by atoms with Crippen LogP contribution in [0.25, 0.3) is 11.4 Å². The molecule has 2 heterocycles. The van der Waals surface area contributed by atoms with Gasteiger partial charge in [0.25, 0.3) is 0 Å². The molecule has 2 aliphatic rings. The van der Waals surface area contributed by atoms with Crippen LogP contribution in [0.4, 0.5) is 11.5 Å². The van der Waals surface area contributed by atoms with Crippen molar-refractivity contribution in [3.8, 4) is 11.4 Å². The Kier molecular flexibility index (Phi) is 4.44. The molecule has 7 heteroatoms. The Balaban J connectivity index is 1.75. The number of fused-ring (bicyclic) bond motifs is 1. The quantitative estimate of drug-likeness (QED) is 0.838. The van der Waals surface area contributed by atoms with E-state index < -0.39 is 10.8 Å². The molecule has 2 N–H and O–H groups in total. The Morgan fingerprint density at radius 3 is 2.54 bits per heavy atom. The van der Waals surface area contributed by atoms with Gasteiger partial charge >= 0.3 is 0 Å². The number of hydrogen-bond acceptors (Lipinski definition) is 6. The molecular formula is C19H24N4O2S. The second-order valence-corrected chi connectivity index (χ2v) is 8.84. The summed E-state index contributed by atoms with van der Waals surface area (Å²) >= 11 is 0. The summed E-state index contributed by atoms with van der Waals surface area (Å²) in [7, 11) is 2.94. The first-order valence-corrected chi connectivity index (χ1v) is 10.3. The lowest BCUT2D eigenvalue weighted by Crippen LogP contribution is -2.48. The number of aliphatic hydroxyl groups excluding tert-OH is 1. The van der Waals surface area contributed by atoms with Crippen molar-refractivity contribution >= 4 is 22.3 Å². The minimum Gasteiger partial charge on any atom is -0.394 e. The highest BCUT2D eigenvalue weighted by atomic mass is 32.2. The number of aliphatic hydroxyl groups is 1. The molecule has 0 bridgehead atoms. The number of hydrogen-bond donors (Lipinski definition) is 2. The van der Waals surface area contributed by atoms with Gasteiger partial charge in [-0.05, 0) is 43.5 Å².